The molecule has 140 valence electrons. The number of nitrogens with one attached hydrogen (secondary N) is 1. The van der Waals surface area contributed by atoms with Crippen LogP contribution in [0.25, 0.3) is 0 Å². The maximum absolute atomic E-state index is 12.7. The number of carbonyl (C=O) groups is 1. The van der Waals surface area contributed by atoms with Crippen molar-refractivity contribution >= 4 is 15.9 Å². The van der Waals surface area contributed by atoms with E-state index in [0.29, 0.717) is 19.4 Å². The number of nitrogens with zero attached hydrogens (tertiary/aromatic N) is 1. The van der Waals surface area contributed by atoms with Gasteiger partial charge in [-0.1, -0.05) is 48.2 Å². The molecule has 0 spiro atoms. The summed E-state index contributed by atoms with van der Waals surface area (Å²) in [5, 5.41) is 2.80. The molecule has 1 aliphatic heterocycles. The lowest BCUT2D eigenvalue weighted by atomic mass is 9.99. The molecule has 1 aliphatic rings. The molecule has 0 aliphatic carbocycles. The van der Waals surface area contributed by atoms with Gasteiger partial charge in [0.1, 0.15) is 0 Å². The monoisotopic (exact) mass is 382 g/mol. The summed E-state index contributed by atoms with van der Waals surface area (Å²) in [6.45, 7) is 0.889. The van der Waals surface area contributed by atoms with Crippen molar-refractivity contribution in [3.05, 3.63) is 66.2 Å². The molecule has 3 rings (SSSR count). The highest BCUT2D eigenvalue weighted by Crippen LogP contribution is 2.23. The van der Waals surface area contributed by atoms with Crippen LogP contribution in [0.3, 0.4) is 0 Å². The van der Waals surface area contributed by atoms with Crippen LogP contribution in [0.5, 0.6) is 0 Å². The second-order valence-corrected chi connectivity index (χ2v) is 8.34. The van der Waals surface area contributed by atoms with Crippen LogP contribution in [-0.2, 0) is 14.8 Å². The van der Waals surface area contributed by atoms with Gasteiger partial charge in [-0.25, -0.2) is 8.42 Å². The Bertz CT molecular complexity index is 932. The summed E-state index contributed by atoms with van der Waals surface area (Å²) in [6, 6.07) is 17.9. The minimum Gasteiger partial charge on any atom is -0.345 e. The lowest BCUT2D eigenvalue weighted by Crippen LogP contribution is -2.45. The predicted octanol–water partition coefficient (Wildman–Crippen LogP) is 2.26. The largest absolute Gasteiger partial charge is 0.345 e. The summed E-state index contributed by atoms with van der Waals surface area (Å²) in [7, 11) is -3.56. The Morgan fingerprint density at radius 1 is 1.07 bits per heavy atom. The van der Waals surface area contributed by atoms with Crippen molar-refractivity contribution in [2.75, 3.05) is 19.6 Å². The molecule has 27 heavy (non-hydrogen) atoms. The molecule has 1 heterocycles. The molecule has 2 aromatic rings. The standard InChI is InChI=1S/C21H22N2O3S/c24-21(22-15-7-11-18-9-3-1-4-10-18)19-12-8-16-23(17-19)27(25,26)20-13-5-2-6-14-20/h1-6,9-10,13-14,19H,8,12,15-17H2,(H,22,24). The molecule has 0 radical (unpaired) electrons. The summed E-state index contributed by atoms with van der Waals surface area (Å²) in [4.78, 5) is 12.7. The zero-order chi connectivity index (χ0) is 19.1. The highest BCUT2D eigenvalue weighted by molar-refractivity contribution is 7.89. The second-order valence-electron chi connectivity index (χ2n) is 6.40. The fourth-order valence-corrected chi connectivity index (χ4v) is 4.60. The van der Waals surface area contributed by atoms with E-state index in [1.165, 1.54) is 4.31 Å². The van der Waals surface area contributed by atoms with Crippen LogP contribution in [-0.4, -0.2) is 38.3 Å². The Morgan fingerprint density at radius 2 is 1.74 bits per heavy atom. The number of hydrogen-bond donors (Lipinski definition) is 1. The molecule has 0 saturated carbocycles. The van der Waals surface area contributed by atoms with Crippen LogP contribution in [0.2, 0.25) is 0 Å². The topological polar surface area (TPSA) is 66.5 Å². The number of benzene rings is 2. The molecule has 1 saturated heterocycles. The first-order valence-electron chi connectivity index (χ1n) is 8.94. The van der Waals surface area contributed by atoms with Crippen molar-refractivity contribution in [2.24, 2.45) is 5.92 Å². The summed E-state index contributed by atoms with van der Waals surface area (Å²) in [5.41, 5.74) is 0.893. The fraction of sp³-hybridized carbons (Fsp3) is 0.286. The molecule has 1 amide bonds. The number of piperidine rings is 1. The van der Waals surface area contributed by atoms with Gasteiger partial charge in [-0.15, -0.1) is 0 Å². The van der Waals surface area contributed by atoms with Crippen LogP contribution in [0.1, 0.15) is 18.4 Å². The van der Waals surface area contributed by atoms with Gasteiger partial charge in [0.15, 0.2) is 0 Å². The first kappa shape index (κ1) is 19.2. The lowest BCUT2D eigenvalue weighted by molar-refractivity contribution is -0.125. The third-order valence-corrected chi connectivity index (χ3v) is 6.37. The highest BCUT2D eigenvalue weighted by Gasteiger charge is 2.32. The second kappa shape index (κ2) is 8.85. The number of carbonyl (C=O) groups excluding carboxylic acids is 1. The van der Waals surface area contributed by atoms with E-state index in [1.54, 1.807) is 30.3 Å². The van der Waals surface area contributed by atoms with E-state index in [2.05, 4.69) is 17.2 Å². The maximum atomic E-state index is 12.7. The minimum atomic E-state index is -3.56. The molecule has 1 atom stereocenters. The molecule has 5 nitrogen and oxygen atoms in total. The van der Waals surface area contributed by atoms with Crippen molar-refractivity contribution in [2.45, 2.75) is 17.7 Å². The summed E-state index contributed by atoms with van der Waals surface area (Å²) >= 11 is 0. The fourth-order valence-electron chi connectivity index (χ4n) is 3.06. The van der Waals surface area contributed by atoms with Gasteiger partial charge in [-0.2, -0.15) is 4.31 Å². The smallest absolute Gasteiger partial charge is 0.243 e. The molecule has 0 bridgehead atoms. The SMILES string of the molecule is O=C(NCC#Cc1ccccc1)C1CCCN(S(=O)(=O)c2ccccc2)C1. The minimum absolute atomic E-state index is 0.148. The zero-order valence-electron chi connectivity index (χ0n) is 15.0. The Kier molecular flexibility index (Phi) is 6.28. The van der Waals surface area contributed by atoms with Crippen molar-refractivity contribution in [1.82, 2.24) is 9.62 Å². The van der Waals surface area contributed by atoms with Gasteiger partial charge in [0.2, 0.25) is 15.9 Å². The van der Waals surface area contributed by atoms with Crippen molar-refractivity contribution < 1.29 is 13.2 Å². The summed E-state index contributed by atoms with van der Waals surface area (Å²) in [6.07, 6.45) is 1.35. The lowest BCUT2D eigenvalue weighted by Gasteiger charge is -2.31. The molecule has 1 unspecified atom stereocenters. The van der Waals surface area contributed by atoms with Gasteiger partial charge in [0.25, 0.3) is 0 Å². The van der Waals surface area contributed by atoms with E-state index in [-0.39, 0.29) is 29.8 Å². The van der Waals surface area contributed by atoms with Gasteiger partial charge < -0.3 is 5.32 Å². The van der Waals surface area contributed by atoms with E-state index >= 15 is 0 Å². The van der Waals surface area contributed by atoms with Crippen molar-refractivity contribution in [3.8, 4) is 11.8 Å². The molecular weight excluding hydrogens is 360 g/mol. The summed E-state index contributed by atoms with van der Waals surface area (Å²) < 4.78 is 26.9. The third-order valence-electron chi connectivity index (χ3n) is 4.49. The van der Waals surface area contributed by atoms with Gasteiger partial charge in [0.05, 0.1) is 17.4 Å². The van der Waals surface area contributed by atoms with Crippen LogP contribution in [0, 0.1) is 17.8 Å². The first-order chi connectivity index (χ1) is 13.1. The van der Waals surface area contributed by atoms with Crippen LogP contribution < -0.4 is 5.32 Å². The maximum Gasteiger partial charge on any atom is 0.243 e. The van der Waals surface area contributed by atoms with E-state index in [0.717, 1.165) is 5.56 Å². The van der Waals surface area contributed by atoms with Gasteiger partial charge in [-0.05, 0) is 37.1 Å². The highest BCUT2D eigenvalue weighted by atomic mass is 32.2. The quantitative estimate of drug-likeness (QED) is 0.825. The van der Waals surface area contributed by atoms with Crippen LogP contribution in [0.4, 0.5) is 0 Å². The molecule has 1 N–H and O–H groups in total. The Labute approximate surface area is 160 Å². The van der Waals surface area contributed by atoms with Gasteiger partial charge >= 0.3 is 0 Å². The Balaban J connectivity index is 1.58. The Hall–Kier alpha value is -2.62. The molecular formula is C21H22N2O3S. The summed E-state index contributed by atoms with van der Waals surface area (Å²) in [5.74, 6) is 5.41. The first-order valence-corrected chi connectivity index (χ1v) is 10.4. The number of rotatable bonds is 4. The Morgan fingerprint density at radius 3 is 2.44 bits per heavy atom. The normalized spacial score (nSPS) is 17.6. The van der Waals surface area contributed by atoms with E-state index in [4.69, 9.17) is 0 Å². The number of hydrogen-bond acceptors (Lipinski definition) is 3. The van der Waals surface area contributed by atoms with Crippen LogP contribution >= 0.6 is 0 Å². The van der Waals surface area contributed by atoms with E-state index < -0.39 is 10.0 Å². The average molecular weight is 382 g/mol. The molecule has 2 aromatic carbocycles. The van der Waals surface area contributed by atoms with E-state index in [1.807, 2.05) is 30.3 Å². The number of sulfonamides is 1. The zero-order valence-corrected chi connectivity index (χ0v) is 15.8. The predicted molar refractivity (Wildman–Crippen MR) is 104 cm³/mol. The molecule has 6 heteroatoms. The number of amides is 1. The van der Waals surface area contributed by atoms with E-state index in [9.17, 15) is 13.2 Å². The van der Waals surface area contributed by atoms with Crippen molar-refractivity contribution in [3.63, 3.8) is 0 Å². The molecule has 1 fully saturated rings. The average Bonchev–Trinajstić information content (AvgIpc) is 2.72. The molecule has 0 aromatic heterocycles. The van der Waals surface area contributed by atoms with Gasteiger partial charge in [-0.3, -0.25) is 4.79 Å². The van der Waals surface area contributed by atoms with Gasteiger partial charge in [0, 0.05) is 18.7 Å². The van der Waals surface area contributed by atoms with Crippen LogP contribution in [0.15, 0.2) is 65.6 Å². The van der Waals surface area contributed by atoms with Crippen molar-refractivity contribution in [1.29, 1.82) is 0 Å². The third kappa shape index (κ3) is 4.97.